The number of phenolic OH excluding ortho intramolecular Hbond substituents is 1. The summed E-state index contributed by atoms with van der Waals surface area (Å²) in [5.41, 5.74) is -6.24. The topological polar surface area (TPSA) is 110 Å². The molecule has 1 N–H and O–H groups in total. The number of carbonyl (C=O) groups is 2. The number of aromatic hydroxyl groups is 1. The van der Waals surface area contributed by atoms with Crippen molar-refractivity contribution in [2.75, 3.05) is 19.8 Å². The molecule has 2 rings (SSSR count). The van der Waals surface area contributed by atoms with Crippen molar-refractivity contribution in [3.63, 3.8) is 0 Å². The standard InChI is InChI=1S/C15H16F3NO7S/c1-9-8-25-6-5-19(9)13(21)7-11(20)10-3-2-4-12(14(10)22)26-27(23,24)15(16,17)18/h2-4,9,22H,5-8H2,1H3/t9-/m1/s1. The molecule has 0 radical (unpaired) electrons. The van der Waals surface area contributed by atoms with Gasteiger partial charge in [-0.15, -0.1) is 0 Å². The molecule has 0 aliphatic carbocycles. The first kappa shape index (κ1) is 21.0. The average molecular weight is 411 g/mol. The van der Waals surface area contributed by atoms with E-state index in [4.69, 9.17) is 4.74 Å². The van der Waals surface area contributed by atoms with Crippen molar-refractivity contribution in [2.45, 2.75) is 24.9 Å². The van der Waals surface area contributed by atoms with Crippen LogP contribution >= 0.6 is 0 Å². The molecule has 1 aromatic carbocycles. The molecular formula is C15H16F3NO7S. The molecule has 1 fully saturated rings. The van der Waals surface area contributed by atoms with Crippen LogP contribution in [0.2, 0.25) is 0 Å². The van der Waals surface area contributed by atoms with E-state index < -0.39 is 50.8 Å². The Balaban J connectivity index is 2.19. The van der Waals surface area contributed by atoms with Gasteiger partial charge in [-0.1, -0.05) is 6.07 Å². The lowest BCUT2D eigenvalue weighted by atomic mass is 10.1. The van der Waals surface area contributed by atoms with Gasteiger partial charge in [0, 0.05) is 6.54 Å². The SMILES string of the molecule is C[C@@H]1COCCN1C(=O)CC(=O)c1cccc(OS(=O)(=O)C(F)(F)F)c1O. The fourth-order valence-electron chi connectivity index (χ4n) is 2.41. The zero-order valence-electron chi connectivity index (χ0n) is 14.0. The van der Waals surface area contributed by atoms with Crippen LogP contribution < -0.4 is 4.18 Å². The molecule has 1 aliphatic rings. The highest BCUT2D eigenvalue weighted by atomic mass is 32.2. The molecule has 8 nitrogen and oxygen atoms in total. The van der Waals surface area contributed by atoms with E-state index in [2.05, 4.69) is 4.18 Å². The first-order valence-corrected chi connectivity index (χ1v) is 9.08. The predicted molar refractivity (Wildman–Crippen MR) is 84.7 cm³/mol. The first-order valence-electron chi connectivity index (χ1n) is 7.67. The van der Waals surface area contributed by atoms with Crippen LogP contribution in [-0.4, -0.2) is 61.4 Å². The number of nitrogens with zero attached hydrogens (tertiary/aromatic N) is 1. The van der Waals surface area contributed by atoms with Crippen molar-refractivity contribution in [2.24, 2.45) is 0 Å². The van der Waals surface area contributed by atoms with Gasteiger partial charge in [0.2, 0.25) is 5.91 Å². The van der Waals surface area contributed by atoms with Crippen molar-refractivity contribution in [3.05, 3.63) is 23.8 Å². The highest BCUT2D eigenvalue weighted by Crippen LogP contribution is 2.35. The number of hydrogen-bond donors (Lipinski definition) is 1. The van der Waals surface area contributed by atoms with Crippen LogP contribution in [0.3, 0.4) is 0 Å². The van der Waals surface area contributed by atoms with Gasteiger partial charge < -0.3 is 18.9 Å². The molecular weight excluding hydrogens is 395 g/mol. The number of phenols is 1. The molecule has 1 aliphatic heterocycles. The molecule has 0 spiro atoms. The normalized spacial score (nSPS) is 18.2. The fraction of sp³-hybridized carbons (Fsp3) is 0.467. The molecule has 12 heteroatoms. The quantitative estimate of drug-likeness (QED) is 0.338. The van der Waals surface area contributed by atoms with Crippen molar-refractivity contribution < 1.29 is 45.2 Å². The van der Waals surface area contributed by atoms with E-state index >= 15 is 0 Å². The highest BCUT2D eigenvalue weighted by Gasteiger charge is 2.49. The van der Waals surface area contributed by atoms with Gasteiger partial charge in [-0.25, -0.2) is 0 Å². The number of halogens is 3. The number of ether oxygens (including phenoxy) is 1. The molecule has 0 saturated carbocycles. The summed E-state index contributed by atoms with van der Waals surface area (Å²) in [6, 6.07) is 2.55. The second-order valence-electron chi connectivity index (χ2n) is 5.75. The Kier molecular flexibility index (Phi) is 6.00. The van der Waals surface area contributed by atoms with Crippen LogP contribution in [0, 0.1) is 0 Å². The van der Waals surface area contributed by atoms with Crippen LogP contribution in [0.25, 0.3) is 0 Å². The maximum Gasteiger partial charge on any atom is 0.534 e. The molecule has 0 aromatic heterocycles. The summed E-state index contributed by atoms with van der Waals surface area (Å²) in [5.74, 6) is -3.61. The molecule has 1 amide bonds. The van der Waals surface area contributed by atoms with E-state index in [-0.39, 0.29) is 12.6 Å². The largest absolute Gasteiger partial charge is 0.534 e. The number of para-hydroxylation sites is 1. The summed E-state index contributed by atoms with van der Waals surface area (Å²) >= 11 is 0. The number of carbonyl (C=O) groups excluding carboxylic acids is 2. The number of Topliss-reactive ketones (excluding diaryl/α,β-unsaturated/α-hetero) is 1. The lowest BCUT2D eigenvalue weighted by molar-refractivity contribution is -0.138. The van der Waals surface area contributed by atoms with E-state index in [0.29, 0.717) is 13.2 Å². The molecule has 0 bridgehead atoms. The maximum absolute atomic E-state index is 12.4. The van der Waals surface area contributed by atoms with Gasteiger partial charge in [-0.05, 0) is 19.1 Å². The van der Waals surface area contributed by atoms with E-state index in [9.17, 15) is 36.3 Å². The molecule has 27 heavy (non-hydrogen) atoms. The van der Waals surface area contributed by atoms with E-state index in [0.717, 1.165) is 18.2 Å². The van der Waals surface area contributed by atoms with Crippen molar-refractivity contribution >= 4 is 21.8 Å². The Morgan fingerprint density at radius 3 is 2.63 bits per heavy atom. The number of alkyl halides is 3. The Morgan fingerprint density at radius 1 is 1.37 bits per heavy atom. The summed E-state index contributed by atoms with van der Waals surface area (Å²) in [6.07, 6.45) is -0.659. The molecule has 1 atom stereocenters. The lowest BCUT2D eigenvalue weighted by Gasteiger charge is -2.33. The van der Waals surface area contributed by atoms with Gasteiger partial charge in [0.05, 0.1) is 31.2 Å². The summed E-state index contributed by atoms with van der Waals surface area (Å²) in [7, 11) is -6.02. The molecule has 1 aromatic rings. The number of hydrogen-bond acceptors (Lipinski definition) is 7. The van der Waals surface area contributed by atoms with Gasteiger partial charge in [-0.2, -0.15) is 21.6 Å². The van der Waals surface area contributed by atoms with Gasteiger partial charge in [-0.3, -0.25) is 9.59 Å². The zero-order valence-corrected chi connectivity index (χ0v) is 14.8. The van der Waals surface area contributed by atoms with Crippen molar-refractivity contribution in [1.82, 2.24) is 4.90 Å². The predicted octanol–water partition coefficient (Wildman–Crippen LogP) is 1.44. The number of amides is 1. The third kappa shape index (κ3) is 4.69. The smallest absolute Gasteiger partial charge is 0.504 e. The van der Waals surface area contributed by atoms with Gasteiger partial charge >= 0.3 is 15.6 Å². The minimum atomic E-state index is -6.02. The van der Waals surface area contributed by atoms with Crippen LogP contribution in [0.15, 0.2) is 18.2 Å². The molecule has 1 saturated heterocycles. The molecule has 150 valence electrons. The van der Waals surface area contributed by atoms with Crippen molar-refractivity contribution in [3.8, 4) is 11.5 Å². The van der Waals surface area contributed by atoms with Gasteiger partial charge in [0.25, 0.3) is 0 Å². The number of ketones is 1. The highest BCUT2D eigenvalue weighted by molar-refractivity contribution is 7.88. The summed E-state index contributed by atoms with van der Waals surface area (Å²) in [6.45, 7) is 2.58. The number of benzene rings is 1. The van der Waals surface area contributed by atoms with Gasteiger partial charge in [0.15, 0.2) is 17.3 Å². The Labute approximate surface area is 152 Å². The Hall–Kier alpha value is -2.34. The first-order chi connectivity index (χ1) is 12.4. The Bertz CT molecular complexity index is 838. The van der Waals surface area contributed by atoms with Crippen LogP contribution in [-0.2, 0) is 19.6 Å². The lowest BCUT2D eigenvalue weighted by Crippen LogP contribution is -2.47. The van der Waals surface area contributed by atoms with E-state index in [1.165, 1.54) is 4.90 Å². The van der Waals surface area contributed by atoms with Crippen molar-refractivity contribution in [1.29, 1.82) is 0 Å². The number of morpholine rings is 1. The van der Waals surface area contributed by atoms with E-state index in [1.807, 2.05) is 0 Å². The van der Waals surface area contributed by atoms with Gasteiger partial charge in [0.1, 0.15) is 0 Å². The second-order valence-corrected chi connectivity index (χ2v) is 7.28. The monoisotopic (exact) mass is 411 g/mol. The third-order valence-electron chi connectivity index (χ3n) is 3.78. The minimum Gasteiger partial charge on any atom is -0.504 e. The zero-order chi connectivity index (χ0) is 20.4. The summed E-state index contributed by atoms with van der Waals surface area (Å²) < 4.78 is 68.4. The minimum absolute atomic E-state index is 0.265. The molecule has 0 unspecified atom stereocenters. The molecule has 1 heterocycles. The summed E-state index contributed by atoms with van der Waals surface area (Å²) in [5, 5.41) is 9.94. The fourth-order valence-corrected chi connectivity index (χ4v) is 2.88. The maximum atomic E-state index is 12.4. The number of rotatable bonds is 5. The average Bonchev–Trinajstić information content (AvgIpc) is 2.55. The van der Waals surface area contributed by atoms with Crippen LogP contribution in [0.5, 0.6) is 11.5 Å². The van der Waals surface area contributed by atoms with Crippen LogP contribution in [0.1, 0.15) is 23.7 Å². The van der Waals surface area contributed by atoms with Crippen LogP contribution in [0.4, 0.5) is 13.2 Å². The second kappa shape index (κ2) is 7.72. The Morgan fingerprint density at radius 2 is 2.04 bits per heavy atom. The van der Waals surface area contributed by atoms with E-state index in [1.54, 1.807) is 6.92 Å². The third-order valence-corrected chi connectivity index (χ3v) is 4.75. The summed E-state index contributed by atoms with van der Waals surface area (Å²) in [4.78, 5) is 25.9.